The van der Waals surface area contributed by atoms with Crippen LogP contribution in [0.25, 0.3) is 10.1 Å². The van der Waals surface area contributed by atoms with Crippen molar-refractivity contribution >= 4 is 27.1 Å². The van der Waals surface area contributed by atoms with Gasteiger partial charge in [-0.3, -0.25) is 0 Å². The SMILES string of the molecule is CCn1cncc1CNc1ccc2sccc2c1. The van der Waals surface area contributed by atoms with Crippen LogP contribution in [0.15, 0.2) is 42.2 Å². The van der Waals surface area contributed by atoms with Crippen LogP contribution in [-0.2, 0) is 13.1 Å². The molecule has 0 bridgehead atoms. The highest BCUT2D eigenvalue weighted by Gasteiger charge is 2.01. The van der Waals surface area contributed by atoms with Gasteiger partial charge in [0, 0.05) is 23.1 Å². The van der Waals surface area contributed by atoms with Crippen LogP contribution in [0.5, 0.6) is 0 Å². The molecule has 0 unspecified atom stereocenters. The number of benzene rings is 1. The van der Waals surface area contributed by atoms with Crippen molar-refractivity contribution in [1.82, 2.24) is 9.55 Å². The van der Waals surface area contributed by atoms with E-state index >= 15 is 0 Å². The molecule has 0 fully saturated rings. The van der Waals surface area contributed by atoms with E-state index in [9.17, 15) is 0 Å². The second kappa shape index (κ2) is 4.82. The van der Waals surface area contributed by atoms with Crippen LogP contribution in [0.3, 0.4) is 0 Å². The van der Waals surface area contributed by atoms with Crippen LogP contribution in [0.1, 0.15) is 12.6 Å². The van der Waals surface area contributed by atoms with Gasteiger partial charge in [-0.25, -0.2) is 4.98 Å². The van der Waals surface area contributed by atoms with E-state index in [0.717, 1.165) is 18.8 Å². The van der Waals surface area contributed by atoms with E-state index in [-0.39, 0.29) is 0 Å². The van der Waals surface area contributed by atoms with Crippen LogP contribution in [0.2, 0.25) is 0 Å². The second-order valence-corrected chi connectivity index (χ2v) is 5.15. The van der Waals surface area contributed by atoms with Crippen LogP contribution in [-0.4, -0.2) is 9.55 Å². The molecule has 3 nitrogen and oxygen atoms in total. The molecule has 0 aliphatic heterocycles. The summed E-state index contributed by atoms with van der Waals surface area (Å²) < 4.78 is 3.48. The van der Waals surface area contributed by atoms with Crippen LogP contribution in [0.4, 0.5) is 5.69 Å². The van der Waals surface area contributed by atoms with Gasteiger partial charge in [-0.1, -0.05) is 0 Å². The van der Waals surface area contributed by atoms with Gasteiger partial charge in [0.15, 0.2) is 0 Å². The summed E-state index contributed by atoms with van der Waals surface area (Å²) >= 11 is 1.78. The normalized spacial score (nSPS) is 10.9. The molecule has 0 amide bonds. The maximum Gasteiger partial charge on any atom is 0.0948 e. The van der Waals surface area contributed by atoms with E-state index in [0.29, 0.717) is 0 Å². The molecule has 2 aromatic heterocycles. The van der Waals surface area contributed by atoms with Gasteiger partial charge in [-0.2, -0.15) is 0 Å². The Hall–Kier alpha value is -1.81. The lowest BCUT2D eigenvalue weighted by Gasteiger charge is -2.08. The fourth-order valence-electron chi connectivity index (χ4n) is 2.05. The Balaban J connectivity index is 1.76. The fourth-order valence-corrected chi connectivity index (χ4v) is 2.82. The average Bonchev–Trinajstić information content (AvgIpc) is 3.04. The van der Waals surface area contributed by atoms with Gasteiger partial charge >= 0.3 is 0 Å². The van der Waals surface area contributed by atoms with Crippen LogP contribution in [0, 0.1) is 0 Å². The number of nitrogens with one attached hydrogen (secondary N) is 1. The number of anilines is 1. The minimum Gasteiger partial charge on any atom is -0.379 e. The van der Waals surface area contributed by atoms with Gasteiger partial charge in [0.25, 0.3) is 0 Å². The molecule has 0 aliphatic rings. The van der Waals surface area contributed by atoms with Crippen molar-refractivity contribution in [2.24, 2.45) is 0 Å². The number of aryl methyl sites for hydroxylation is 1. The van der Waals surface area contributed by atoms with Crippen LogP contribution < -0.4 is 5.32 Å². The first-order valence-electron chi connectivity index (χ1n) is 6.07. The first-order valence-corrected chi connectivity index (χ1v) is 6.95. The van der Waals surface area contributed by atoms with Gasteiger partial charge < -0.3 is 9.88 Å². The number of aromatic nitrogens is 2. The van der Waals surface area contributed by atoms with Gasteiger partial charge in [0.05, 0.1) is 18.6 Å². The Morgan fingerprint density at radius 3 is 3.17 bits per heavy atom. The van der Waals surface area contributed by atoms with E-state index in [1.807, 2.05) is 12.5 Å². The number of fused-ring (bicyclic) bond motifs is 1. The molecule has 18 heavy (non-hydrogen) atoms. The number of nitrogens with zero attached hydrogens (tertiary/aromatic N) is 2. The van der Waals surface area contributed by atoms with Gasteiger partial charge in [-0.15, -0.1) is 11.3 Å². The summed E-state index contributed by atoms with van der Waals surface area (Å²) in [5.41, 5.74) is 2.37. The van der Waals surface area contributed by atoms with Crippen molar-refractivity contribution in [1.29, 1.82) is 0 Å². The molecular weight excluding hydrogens is 242 g/mol. The molecule has 1 N–H and O–H groups in total. The van der Waals surface area contributed by atoms with Crippen molar-refractivity contribution in [2.75, 3.05) is 5.32 Å². The molecule has 0 aliphatic carbocycles. The minimum absolute atomic E-state index is 0.809. The van der Waals surface area contributed by atoms with Gasteiger partial charge in [0.2, 0.25) is 0 Å². The largest absolute Gasteiger partial charge is 0.379 e. The molecule has 0 saturated heterocycles. The summed E-state index contributed by atoms with van der Waals surface area (Å²) in [7, 11) is 0. The molecule has 0 spiro atoms. The van der Waals surface area contributed by atoms with Crippen molar-refractivity contribution < 1.29 is 0 Å². The molecule has 0 saturated carbocycles. The van der Waals surface area contributed by atoms with Gasteiger partial charge in [0.1, 0.15) is 0 Å². The topological polar surface area (TPSA) is 29.9 Å². The lowest BCUT2D eigenvalue weighted by molar-refractivity contribution is 0.719. The van der Waals surface area contributed by atoms with Gasteiger partial charge in [-0.05, 0) is 42.0 Å². The molecule has 1 aromatic carbocycles. The van der Waals surface area contributed by atoms with Crippen molar-refractivity contribution in [2.45, 2.75) is 20.0 Å². The number of thiophene rings is 1. The molecule has 0 atom stereocenters. The maximum absolute atomic E-state index is 4.17. The van der Waals surface area contributed by atoms with E-state index in [1.165, 1.54) is 15.8 Å². The Kier molecular flexibility index (Phi) is 3.02. The monoisotopic (exact) mass is 257 g/mol. The second-order valence-electron chi connectivity index (χ2n) is 4.20. The molecule has 4 heteroatoms. The molecule has 92 valence electrons. The standard InChI is InChI=1S/C14H15N3S/c1-2-17-10-15-8-13(17)9-16-12-3-4-14-11(7-12)5-6-18-14/h3-8,10,16H,2,9H2,1H3. The third-order valence-electron chi connectivity index (χ3n) is 3.07. The summed E-state index contributed by atoms with van der Waals surface area (Å²) in [4.78, 5) is 4.17. The fraction of sp³-hybridized carbons (Fsp3) is 0.214. The van der Waals surface area contributed by atoms with E-state index in [4.69, 9.17) is 0 Å². The molecule has 0 radical (unpaired) electrons. The molecule has 3 rings (SSSR count). The Labute approximate surface area is 110 Å². The Morgan fingerprint density at radius 2 is 2.28 bits per heavy atom. The van der Waals surface area contributed by atoms with Crippen molar-refractivity contribution in [3.63, 3.8) is 0 Å². The number of imidazole rings is 1. The summed E-state index contributed by atoms with van der Waals surface area (Å²) in [6.07, 6.45) is 3.79. The summed E-state index contributed by atoms with van der Waals surface area (Å²) in [5.74, 6) is 0. The molecule has 2 heterocycles. The lowest BCUT2D eigenvalue weighted by atomic mass is 10.2. The number of hydrogen-bond acceptors (Lipinski definition) is 3. The first-order chi connectivity index (χ1) is 8.86. The zero-order chi connectivity index (χ0) is 12.4. The highest BCUT2D eigenvalue weighted by atomic mass is 32.1. The smallest absolute Gasteiger partial charge is 0.0948 e. The predicted molar refractivity (Wildman–Crippen MR) is 77.1 cm³/mol. The Morgan fingerprint density at radius 1 is 1.33 bits per heavy atom. The first kappa shape index (κ1) is 11.3. The van der Waals surface area contributed by atoms with Crippen molar-refractivity contribution in [3.8, 4) is 0 Å². The average molecular weight is 257 g/mol. The number of hydrogen-bond donors (Lipinski definition) is 1. The highest BCUT2D eigenvalue weighted by molar-refractivity contribution is 7.17. The molecular formula is C14H15N3S. The van der Waals surface area contributed by atoms with Crippen LogP contribution >= 0.6 is 11.3 Å². The summed E-state index contributed by atoms with van der Waals surface area (Å²) in [6.45, 7) is 3.90. The zero-order valence-electron chi connectivity index (χ0n) is 10.3. The molecule has 3 aromatic rings. The zero-order valence-corrected chi connectivity index (χ0v) is 11.1. The third-order valence-corrected chi connectivity index (χ3v) is 3.96. The van der Waals surface area contributed by atoms with E-state index < -0.39 is 0 Å². The Bertz CT molecular complexity index is 654. The summed E-state index contributed by atoms with van der Waals surface area (Å²) in [6, 6.07) is 8.64. The predicted octanol–water partition coefficient (Wildman–Crippen LogP) is 3.73. The van der Waals surface area contributed by atoms with E-state index in [1.54, 1.807) is 11.3 Å². The summed E-state index contributed by atoms with van der Waals surface area (Å²) in [5, 5.41) is 6.87. The number of rotatable bonds is 4. The van der Waals surface area contributed by atoms with Crippen molar-refractivity contribution in [3.05, 3.63) is 47.9 Å². The van der Waals surface area contributed by atoms with E-state index in [2.05, 4.69) is 51.4 Å². The lowest BCUT2D eigenvalue weighted by Crippen LogP contribution is -2.05. The third kappa shape index (κ3) is 2.11. The highest BCUT2D eigenvalue weighted by Crippen LogP contribution is 2.24. The quantitative estimate of drug-likeness (QED) is 0.771. The minimum atomic E-state index is 0.809. The maximum atomic E-state index is 4.17.